The molecule has 0 unspecified atom stereocenters. The molecule has 1 aromatic rings. The van der Waals surface area contributed by atoms with Gasteiger partial charge in [0.25, 0.3) is 7.37 Å². The van der Waals surface area contributed by atoms with Crippen molar-refractivity contribution in [3.8, 4) is 0 Å². The second kappa shape index (κ2) is 7.11. The molecule has 0 spiro atoms. The van der Waals surface area contributed by atoms with Crippen molar-refractivity contribution < 1.29 is 13.9 Å². The Morgan fingerprint density at radius 3 is 2.32 bits per heavy atom. The summed E-state index contributed by atoms with van der Waals surface area (Å²) in [5.41, 5.74) is -0.101. The quantitative estimate of drug-likeness (QED) is 0.846. The monoisotopic (exact) mass is 321 g/mol. The fraction of sp³-hybridized carbons (Fsp3) is 0.250. The molecule has 104 valence electrons. The van der Waals surface area contributed by atoms with Crippen molar-refractivity contribution in [2.24, 2.45) is 0 Å². The minimum Gasteiger partial charge on any atom is -0.321 e. The number of hydrogen-bond acceptors (Lipinski definition) is 3. The predicted octanol–water partition coefficient (Wildman–Crippen LogP) is 3.37. The highest BCUT2D eigenvalue weighted by Crippen LogP contribution is 2.54. The molecule has 0 radical (unpaired) electrons. The smallest absolute Gasteiger partial charge is 0.279 e. The predicted molar refractivity (Wildman–Crippen MR) is 77.9 cm³/mol. The van der Waals surface area contributed by atoms with E-state index in [1.54, 1.807) is 37.3 Å². The van der Waals surface area contributed by atoms with Crippen LogP contribution in [0.5, 0.6) is 0 Å². The second-order valence-corrected chi connectivity index (χ2v) is 6.87. The molecule has 0 aromatic heterocycles. The van der Waals surface area contributed by atoms with Crippen LogP contribution in [-0.2, 0) is 13.9 Å². The molecule has 1 aromatic carbocycles. The number of carbonyl (C=O) groups excluding carboxylic acids is 1. The van der Waals surface area contributed by atoms with Crippen LogP contribution < -0.4 is 10.6 Å². The maximum atomic E-state index is 13.0. The Morgan fingerprint density at radius 2 is 1.89 bits per heavy atom. The summed E-state index contributed by atoms with van der Waals surface area (Å²) in [6.45, 7) is 3.16. The third-order valence-corrected chi connectivity index (χ3v) is 5.34. The number of nitrogens with one attached hydrogen (secondary N) is 1. The van der Waals surface area contributed by atoms with Gasteiger partial charge in [-0.15, -0.1) is 0 Å². The van der Waals surface area contributed by atoms with Gasteiger partial charge in [0.15, 0.2) is 0 Å². The first-order chi connectivity index (χ1) is 8.91. The van der Waals surface area contributed by atoms with Crippen molar-refractivity contribution >= 4 is 41.8 Å². The van der Waals surface area contributed by atoms with Crippen LogP contribution in [0.3, 0.4) is 0 Å². The van der Waals surface area contributed by atoms with E-state index < -0.39 is 13.3 Å². The molecule has 0 aliphatic rings. The van der Waals surface area contributed by atoms with Crippen LogP contribution in [-0.4, -0.2) is 12.5 Å². The Labute approximate surface area is 122 Å². The first-order valence-corrected chi connectivity index (χ1v) is 7.93. The zero-order valence-electron chi connectivity index (χ0n) is 10.5. The van der Waals surface area contributed by atoms with E-state index in [0.717, 1.165) is 0 Å². The SMILES string of the molecule is CCO[P@@](=O)(C(NC(C)=O)=C(Cl)Cl)c1ccccc1. The molecule has 0 bridgehead atoms. The lowest BCUT2D eigenvalue weighted by Gasteiger charge is -2.21. The summed E-state index contributed by atoms with van der Waals surface area (Å²) in [6.07, 6.45) is 0. The molecular weight excluding hydrogens is 308 g/mol. The van der Waals surface area contributed by atoms with E-state index in [1.165, 1.54) is 6.92 Å². The molecule has 19 heavy (non-hydrogen) atoms. The van der Waals surface area contributed by atoms with E-state index in [4.69, 9.17) is 27.7 Å². The van der Waals surface area contributed by atoms with Crippen LogP contribution >= 0.6 is 30.6 Å². The number of halogens is 2. The van der Waals surface area contributed by atoms with Crippen LogP contribution in [0.15, 0.2) is 40.3 Å². The molecule has 0 saturated heterocycles. The topological polar surface area (TPSA) is 55.4 Å². The fourth-order valence-corrected chi connectivity index (χ4v) is 4.23. The summed E-state index contributed by atoms with van der Waals surface area (Å²) in [7, 11) is -3.51. The molecule has 0 aliphatic carbocycles. The van der Waals surface area contributed by atoms with Crippen molar-refractivity contribution in [1.29, 1.82) is 0 Å². The van der Waals surface area contributed by atoms with Gasteiger partial charge in [-0.3, -0.25) is 9.36 Å². The van der Waals surface area contributed by atoms with E-state index in [9.17, 15) is 9.36 Å². The summed E-state index contributed by atoms with van der Waals surface area (Å²) >= 11 is 11.5. The average Bonchev–Trinajstić information content (AvgIpc) is 2.36. The molecule has 7 heteroatoms. The summed E-state index contributed by atoms with van der Waals surface area (Å²) < 4.78 is 18.1. The van der Waals surface area contributed by atoms with Gasteiger partial charge in [0.2, 0.25) is 5.91 Å². The first-order valence-electron chi connectivity index (χ1n) is 5.55. The Balaban J connectivity index is 3.37. The number of hydrogen-bond donors (Lipinski definition) is 1. The highest BCUT2D eigenvalue weighted by Gasteiger charge is 2.33. The average molecular weight is 322 g/mol. The normalized spacial score (nSPS) is 13.5. The van der Waals surface area contributed by atoms with Crippen molar-refractivity contribution in [3.05, 3.63) is 40.3 Å². The fourth-order valence-electron chi connectivity index (χ4n) is 1.47. The highest BCUT2D eigenvalue weighted by molar-refractivity contribution is 7.71. The van der Waals surface area contributed by atoms with E-state index >= 15 is 0 Å². The summed E-state index contributed by atoms with van der Waals surface area (Å²) in [5.74, 6) is -0.426. The van der Waals surface area contributed by atoms with Crippen LogP contribution in [0.2, 0.25) is 0 Å². The Morgan fingerprint density at radius 1 is 1.32 bits per heavy atom. The number of rotatable bonds is 5. The second-order valence-electron chi connectivity index (χ2n) is 3.60. The lowest BCUT2D eigenvalue weighted by atomic mass is 10.4. The third kappa shape index (κ3) is 4.08. The zero-order chi connectivity index (χ0) is 14.5. The standard InChI is InChI=1S/C12H14Cl2NO3P/c1-3-18-19(17,10-7-5-4-6-8-10)12(11(13)14)15-9(2)16/h4-8H,3H2,1-2H3,(H,15,16)/t19-/m1/s1. The lowest BCUT2D eigenvalue weighted by Crippen LogP contribution is -2.24. The highest BCUT2D eigenvalue weighted by atomic mass is 35.5. The van der Waals surface area contributed by atoms with Gasteiger partial charge in [-0.05, 0) is 19.1 Å². The van der Waals surface area contributed by atoms with Gasteiger partial charge >= 0.3 is 0 Å². The molecular formula is C12H14Cl2NO3P. The lowest BCUT2D eigenvalue weighted by molar-refractivity contribution is -0.118. The molecule has 0 heterocycles. The van der Waals surface area contributed by atoms with Crippen molar-refractivity contribution in [3.63, 3.8) is 0 Å². The molecule has 0 saturated carbocycles. The van der Waals surface area contributed by atoms with E-state index in [1.807, 2.05) is 0 Å². The Bertz CT molecular complexity index is 527. The van der Waals surface area contributed by atoms with Gasteiger partial charge in [-0.25, -0.2) is 0 Å². The Hall–Kier alpha value is -0.800. The van der Waals surface area contributed by atoms with Gasteiger partial charge < -0.3 is 9.84 Å². The largest absolute Gasteiger partial charge is 0.321 e. The first kappa shape index (κ1) is 16.3. The number of benzene rings is 1. The molecule has 1 amide bonds. The zero-order valence-corrected chi connectivity index (χ0v) is 12.9. The van der Waals surface area contributed by atoms with Crippen LogP contribution in [0.1, 0.15) is 13.8 Å². The Kier molecular flexibility index (Phi) is 6.08. The maximum absolute atomic E-state index is 13.0. The number of carbonyl (C=O) groups is 1. The molecule has 1 N–H and O–H groups in total. The van der Waals surface area contributed by atoms with Crippen molar-refractivity contribution in [2.45, 2.75) is 13.8 Å². The molecule has 1 atom stereocenters. The van der Waals surface area contributed by atoms with Gasteiger partial charge in [-0.1, -0.05) is 41.4 Å². The summed E-state index contributed by atoms with van der Waals surface area (Å²) in [6, 6.07) is 8.48. The molecule has 1 rings (SSSR count). The minimum absolute atomic E-state index is 0.101. The van der Waals surface area contributed by atoms with Gasteiger partial charge in [-0.2, -0.15) is 0 Å². The molecule has 4 nitrogen and oxygen atoms in total. The maximum Gasteiger partial charge on any atom is 0.279 e. The van der Waals surface area contributed by atoms with Gasteiger partial charge in [0.1, 0.15) is 9.93 Å². The number of amides is 1. The van der Waals surface area contributed by atoms with E-state index in [0.29, 0.717) is 5.30 Å². The summed E-state index contributed by atoms with van der Waals surface area (Å²) in [5, 5.41) is 2.81. The van der Waals surface area contributed by atoms with Crippen molar-refractivity contribution in [2.75, 3.05) is 6.61 Å². The van der Waals surface area contributed by atoms with Crippen molar-refractivity contribution in [1.82, 2.24) is 5.32 Å². The van der Waals surface area contributed by atoms with E-state index in [2.05, 4.69) is 5.32 Å². The van der Waals surface area contributed by atoms with Gasteiger partial charge in [0, 0.05) is 12.2 Å². The van der Waals surface area contributed by atoms with Crippen LogP contribution in [0.4, 0.5) is 0 Å². The molecule has 0 aliphatic heterocycles. The van der Waals surface area contributed by atoms with Crippen LogP contribution in [0, 0.1) is 0 Å². The third-order valence-electron chi connectivity index (χ3n) is 2.17. The summed E-state index contributed by atoms with van der Waals surface area (Å²) in [4.78, 5) is 11.2. The van der Waals surface area contributed by atoms with E-state index in [-0.39, 0.29) is 16.5 Å². The van der Waals surface area contributed by atoms with Crippen LogP contribution in [0.25, 0.3) is 0 Å². The minimum atomic E-state index is -3.51. The van der Waals surface area contributed by atoms with Gasteiger partial charge in [0.05, 0.1) is 6.61 Å². The molecule has 0 fully saturated rings.